The quantitative estimate of drug-likeness (QED) is 0.377. The summed E-state index contributed by atoms with van der Waals surface area (Å²) in [5.41, 5.74) is 3.94. The largest absolute Gasteiger partial charge is 0.378 e. The Balaban J connectivity index is 0.00000280. The summed E-state index contributed by atoms with van der Waals surface area (Å²) < 4.78 is 19.0. The molecule has 1 fully saturated rings. The van der Waals surface area contributed by atoms with Gasteiger partial charge >= 0.3 is 0 Å². The van der Waals surface area contributed by atoms with Crippen molar-refractivity contribution in [3.8, 4) is 0 Å². The number of guanidine groups is 1. The van der Waals surface area contributed by atoms with E-state index in [1.807, 2.05) is 6.07 Å². The summed E-state index contributed by atoms with van der Waals surface area (Å²) in [5.74, 6) is 0.505. The van der Waals surface area contributed by atoms with Gasteiger partial charge in [-0.3, -0.25) is 4.99 Å². The van der Waals surface area contributed by atoms with E-state index in [1.54, 1.807) is 26.1 Å². The third kappa shape index (κ3) is 6.34. The maximum atomic E-state index is 13.6. The van der Waals surface area contributed by atoms with Crippen molar-refractivity contribution in [1.29, 1.82) is 0 Å². The molecule has 0 spiro atoms. The lowest BCUT2D eigenvalue weighted by Crippen LogP contribution is -2.36. The maximum Gasteiger partial charge on any atom is 0.191 e. The molecule has 1 aliphatic heterocycles. The molecule has 0 bridgehead atoms. The van der Waals surface area contributed by atoms with Crippen LogP contribution in [0.25, 0.3) is 0 Å². The molecular weight excluding hydrogens is 470 g/mol. The second-order valence-electron chi connectivity index (χ2n) is 6.63. The van der Waals surface area contributed by atoms with Gasteiger partial charge < -0.3 is 20.3 Å². The average molecular weight is 498 g/mol. The number of hydrogen-bond acceptors (Lipinski definition) is 3. The summed E-state index contributed by atoms with van der Waals surface area (Å²) in [7, 11) is 1.73. The first-order valence-electron chi connectivity index (χ1n) is 9.27. The lowest BCUT2D eigenvalue weighted by Gasteiger charge is -2.28. The van der Waals surface area contributed by atoms with Crippen LogP contribution in [0, 0.1) is 12.7 Å². The lowest BCUT2D eigenvalue weighted by molar-refractivity contribution is 0.122. The van der Waals surface area contributed by atoms with Gasteiger partial charge in [0.2, 0.25) is 0 Å². The molecule has 0 atom stereocenters. The van der Waals surface area contributed by atoms with Gasteiger partial charge in [-0.1, -0.05) is 24.3 Å². The van der Waals surface area contributed by atoms with Crippen LogP contribution in [0.1, 0.15) is 16.7 Å². The van der Waals surface area contributed by atoms with Gasteiger partial charge in [-0.05, 0) is 41.8 Å². The van der Waals surface area contributed by atoms with Crippen LogP contribution in [0.15, 0.2) is 47.5 Å². The highest BCUT2D eigenvalue weighted by atomic mass is 127. The van der Waals surface area contributed by atoms with Crippen LogP contribution in [0.3, 0.4) is 0 Å². The molecule has 2 N–H and O–H groups in total. The zero-order chi connectivity index (χ0) is 19.1. The van der Waals surface area contributed by atoms with E-state index in [1.165, 1.54) is 11.3 Å². The lowest BCUT2D eigenvalue weighted by atomic mass is 10.1. The normalized spacial score (nSPS) is 14.4. The molecule has 0 aromatic heterocycles. The van der Waals surface area contributed by atoms with E-state index in [-0.39, 0.29) is 29.8 Å². The van der Waals surface area contributed by atoms with Crippen molar-refractivity contribution in [2.75, 3.05) is 38.3 Å². The van der Waals surface area contributed by atoms with Gasteiger partial charge in [0.25, 0.3) is 0 Å². The number of anilines is 1. The molecule has 28 heavy (non-hydrogen) atoms. The van der Waals surface area contributed by atoms with E-state index >= 15 is 0 Å². The molecule has 0 saturated carbocycles. The SMILES string of the molecule is CN=C(NCc1ccc(N2CCOCC2)cc1)NCc1ccc(C)c(F)c1.I. The summed E-state index contributed by atoms with van der Waals surface area (Å²) in [6, 6.07) is 13.8. The molecule has 2 aromatic carbocycles. The van der Waals surface area contributed by atoms with Crippen molar-refractivity contribution < 1.29 is 9.13 Å². The Morgan fingerprint density at radius 3 is 2.25 bits per heavy atom. The van der Waals surface area contributed by atoms with Crippen molar-refractivity contribution in [2.45, 2.75) is 20.0 Å². The van der Waals surface area contributed by atoms with E-state index in [2.05, 4.69) is 44.8 Å². The monoisotopic (exact) mass is 498 g/mol. The van der Waals surface area contributed by atoms with Crippen LogP contribution in [0.4, 0.5) is 10.1 Å². The van der Waals surface area contributed by atoms with Gasteiger partial charge in [0.1, 0.15) is 5.82 Å². The molecule has 2 aromatic rings. The van der Waals surface area contributed by atoms with E-state index < -0.39 is 0 Å². The van der Waals surface area contributed by atoms with Crippen molar-refractivity contribution >= 4 is 35.6 Å². The first-order valence-corrected chi connectivity index (χ1v) is 9.27. The third-order valence-corrected chi connectivity index (χ3v) is 4.69. The number of aryl methyl sites for hydroxylation is 1. The Bertz CT molecular complexity index is 776. The average Bonchev–Trinajstić information content (AvgIpc) is 2.72. The Kier molecular flexibility index (Phi) is 8.98. The predicted octanol–water partition coefficient (Wildman–Crippen LogP) is 3.45. The van der Waals surface area contributed by atoms with E-state index in [4.69, 9.17) is 4.74 Å². The summed E-state index contributed by atoms with van der Waals surface area (Å²) in [4.78, 5) is 6.56. The number of nitrogens with zero attached hydrogens (tertiary/aromatic N) is 2. The fraction of sp³-hybridized carbons (Fsp3) is 0.381. The highest BCUT2D eigenvalue weighted by Gasteiger charge is 2.10. The first-order chi connectivity index (χ1) is 13.2. The molecule has 5 nitrogen and oxygen atoms in total. The molecule has 3 rings (SSSR count). The van der Waals surface area contributed by atoms with Crippen LogP contribution < -0.4 is 15.5 Å². The maximum absolute atomic E-state index is 13.6. The number of ether oxygens (including phenoxy) is 1. The van der Waals surface area contributed by atoms with Crippen LogP contribution in [-0.2, 0) is 17.8 Å². The highest BCUT2D eigenvalue weighted by molar-refractivity contribution is 14.0. The topological polar surface area (TPSA) is 48.9 Å². The standard InChI is InChI=1S/C21H27FN4O.HI/c1-16-3-4-18(13-20(16)22)15-25-21(23-2)24-14-17-5-7-19(8-6-17)26-9-11-27-12-10-26;/h3-8,13H,9-12,14-15H2,1-2H3,(H2,23,24,25);1H. The molecule has 1 aliphatic rings. The summed E-state index contributed by atoms with van der Waals surface area (Å²) in [6.45, 7) is 6.41. The summed E-state index contributed by atoms with van der Waals surface area (Å²) in [5, 5.41) is 6.51. The van der Waals surface area contributed by atoms with E-state index in [0.717, 1.165) is 31.9 Å². The van der Waals surface area contributed by atoms with Gasteiger partial charge in [-0.2, -0.15) is 0 Å². The van der Waals surface area contributed by atoms with Crippen molar-refractivity contribution in [3.63, 3.8) is 0 Å². The number of hydrogen-bond donors (Lipinski definition) is 2. The minimum absolute atomic E-state index is 0. The Morgan fingerprint density at radius 1 is 1.04 bits per heavy atom. The second kappa shape index (κ2) is 11.2. The van der Waals surface area contributed by atoms with Gasteiger partial charge in [0.15, 0.2) is 5.96 Å². The number of rotatable bonds is 5. The molecule has 0 unspecified atom stereocenters. The fourth-order valence-corrected chi connectivity index (χ4v) is 2.98. The molecule has 0 radical (unpaired) electrons. The zero-order valence-corrected chi connectivity index (χ0v) is 18.7. The zero-order valence-electron chi connectivity index (χ0n) is 16.4. The third-order valence-electron chi connectivity index (χ3n) is 4.69. The van der Waals surface area contributed by atoms with Crippen LogP contribution in [0.5, 0.6) is 0 Å². The number of morpholine rings is 1. The minimum Gasteiger partial charge on any atom is -0.378 e. The van der Waals surface area contributed by atoms with Crippen molar-refractivity contribution in [2.24, 2.45) is 4.99 Å². The molecule has 152 valence electrons. The second-order valence-corrected chi connectivity index (χ2v) is 6.63. The minimum atomic E-state index is -0.183. The smallest absolute Gasteiger partial charge is 0.191 e. The highest BCUT2D eigenvalue weighted by Crippen LogP contribution is 2.16. The Morgan fingerprint density at radius 2 is 1.64 bits per heavy atom. The number of benzene rings is 2. The molecular formula is C21H28FIN4O. The van der Waals surface area contributed by atoms with Crippen LogP contribution in [-0.4, -0.2) is 39.3 Å². The van der Waals surface area contributed by atoms with Crippen molar-refractivity contribution in [3.05, 3.63) is 65.0 Å². The predicted molar refractivity (Wildman–Crippen MR) is 123 cm³/mol. The summed E-state index contributed by atoms with van der Waals surface area (Å²) >= 11 is 0. The number of nitrogens with one attached hydrogen (secondary N) is 2. The Labute approximate surface area is 183 Å². The van der Waals surface area contributed by atoms with Gasteiger partial charge in [-0.25, -0.2) is 4.39 Å². The fourth-order valence-electron chi connectivity index (χ4n) is 2.98. The van der Waals surface area contributed by atoms with Crippen molar-refractivity contribution in [1.82, 2.24) is 10.6 Å². The first kappa shape index (κ1) is 22.4. The summed E-state index contributed by atoms with van der Waals surface area (Å²) in [6.07, 6.45) is 0. The van der Waals surface area contributed by atoms with Gasteiger partial charge in [0.05, 0.1) is 13.2 Å². The van der Waals surface area contributed by atoms with E-state index in [9.17, 15) is 4.39 Å². The van der Waals surface area contributed by atoms with Crippen LogP contribution in [0.2, 0.25) is 0 Å². The van der Waals surface area contributed by atoms with Crippen LogP contribution >= 0.6 is 24.0 Å². The molecule has 0 amide bonds. The molecule has 1 saturated heterocycles. The number of halogens is 2. The molecule has 7 heteroatoms. The Hall–Kier alpha value is -1.87. The van der Waals surface area contributed by atoms with E-state index in [0.29, 0.717) is 24.6 Å². The van der Waals surface area contributed by atoms with Gasteiger partial charge in [0, 0.05) is 38.9 Å². The molecule has 0 aliphatic carbocycles. The number of aliphatic imine (C=N–C) groups is 1. The molecule has 1 heterocycles. The van der Waals surface area contributed by atoms with Gasteiger partial charge in [-0.15, -0.1) is 24.0 Å².